The Morgan fingerprint density at radius 2 is 1.43 bits per heavy atom. The lowest BCUT2D eigenvalue weighted by Crippen LogP contribution is -1.81. The van der Waals surface area contributed by atoms with Gasteiger partial charge in [-0.05, 0) is 21.2 Å². The molecular weight excluding hydrogens is 184 g/mol. The lowest BCUT2D eigenvalue weighted by atomic mass is 10.1. The summed E-state index contributed by atoms with van der Waals surface area (Å²) >= 11 is 0. The van der Waals surface area contributed by atoms with E-state index in [9.17, 15) is 0 Å². The standard InChI is InChI=1S/C13H10Si/c1-2-6-11-10(5-1)9-14-13-8-4-3-7-12(11)13/h1-9,14H. The number of fused-ring (bicyclic) bond motifs is 3. The van der Waals surface area contributed by atoms with Crippen LogP contribution in [0, 0.1) is 0 Å². The predicted octanol–water partition coefficient (Wildman–Crippen LogP) is 3.06. The van der Waals surface area contributed by atoms with Crippen molar-refractivity contribution in [2.45, 2.75) is 0 Å². The molecule has 66 valence electrons. The molecule has 0 unspecified atom stereocenters. The van der Waals surface area contributed by atoms with Crippen molar-refractivity contribution in [1.82, 2.24) is 0 Å². The molecule has 1 heterocycles. The summed E-state index contributed by atoms with van der Waals surface area (Å²) in [6, 6.07) is 17.4. The van der Waals surface area contributed by atoms with Gasteiger partial charge in [0.05, 0.1) is 0 Å². The zero-order chi connectivity index (χ0) is 9.38. The van der Waals surface area contributed by atoms with E-state index in [4.69, 9.17) is 0 Å². The van der Waals surface area contributed by atoms with Crippen LogP contribution in [0.5, 0.6) is 0 Å². The third-order valence-electron chi connectivity index (χ3n) is 2.65. The highest BCUT2D eigenvalue weighted by Gasteiger charge is 1.97. The van der Waals surface area contributed by atoms with Gasteiger partial charge in [-0.25, -0.2) is 0 Å². The zero-order valence-corrected chi connectivity index (χ0v) is 8.93. The molecule has 0 amide bonds. The van der Waals surface area contributed by atoms with Gasteiger partial charge in [-0.3, -0.25) is 0 Å². The number of rotatable bonds is 0. The van der Waals surface area contributed by atoms with Crippen molar-refractivity contribution in [2.75, 3.05) is 0 Å². The van der Waals surface area contributed by atoms with Gasteiger partial charge in [0.1, 0.15) is 0 Å². The van der Waals surface area contributed by atoms with Gasteiger partial charge in [0.15, 0.2) is 0 Å². The van der Waals surface area contributed by atoms with E-state index < -0.39 is 0 Å². The maximum atomic E-state index is 2.39. The van der Waals surface area contributed by atoms with E-state index in [0.717, 1.165) is 0 Å². The normalized spacial score (nSPS) is 10.9. The van der Waals surface area contributed by atoms with Crippen LogP contribution in [0.1, 0.15) is 0 Å². The Morgan fingerprint density at radius 3 is 2.36 bits per heavy atom. The van der Waals surface area contributed by atoms with E-state index in [-0.39, 0.29) is 0 Å². The quantitative estimate of drug-likeness (QED) is 0.381. The Balaban J connectivity index is 2.61. The number of hydrogen-bond acceptors (Lipinski definition) is 0. The first kappa shape index (κ1) is 7.89. The van der Waals surface area contributed by atoms with Gasteiger partial charge in [0.2, 0.25) is 0 Å². The molecule has 0 saturated carbocycles. The fourth-order valence-corrected chi connectivity index (χ4v) is 3.26. The summed E-state index contributed by atoms with van der Waals surface area (Å²) in [7, 11) is 0.319. The Hall–Kier alpha value is -1.47. The lowest BCUT2D eigenvalue weighted by molar-refractivity contribution is 1.81. The minimum Gasteiger partial charge on any atom is -0.0720 e. The predicted molar refractivity (Wildman–Crippen MR) is 64.2 cm³/mol. The second-order valence-corrected chi connectivity index (χ2v) is 4.80. The van der Waals surface area contributed by atoms with Gasteiger partial charge in [0.25, 0.3) is 0 Å². The molecule has 0 aliphatic carbocycles. The van der Waals surface area contributed by atoms with Crippen molar-refractivity contribution in [1.29, 1.82) is 0 Å². The number of hydrogen-bond donors (Lipinski definition) is 0. The highest BCUT2D eigenvalue weighted by atomic mass is 28.2. The van der Waals surface area contributed by atoms with Crippen molar-refractivity contribution in [3.05, 3.63) is 54.2 Å². The van der Waals surface area contributed by atoms with E-state index in [0.29, 0.717) is 9.12 Å². The van der Waals surface area contributed by atoms with E-state index in [2.05, 4.69) is 54.2 Å². The van der Waals surface area contributed by atoms with Crippen molar-refractivity contribution < 1.29 is 0 Å². The summed E-state index contributed by atoms with van der Waals surface area (Å²) in [5, 5.41) is 4.23. The molecule has 2 aromatic carbocycles. The maximum Gasteiger partial charge on any atom is 0.0307 e. The van der Waals surface area contributed by atoms with E-state index in [1.807, 2.05) is 0 Å². The second-order valence-electron chi connectivity index (χ2n) is 3.51. The van der Waals surface area contributed by atoms with E-state index >= 15 is 0 Å². The SMILES string of the molecule is c1ccc2c(c1)c[siH]c1ccccc12. The van der Waals surface area contributed by atoms with Crippen LogP contribution in [0.4, 0.5) is 0 Å². The molecule has 0 fully saturated rings. The van der Waals surface area contributed by atoms with Crippen LogP contribution in [0.25, 0.3) is 21.2 Å². The molecule has 0 bridgehead atoms. The summed E-state index contributed by atoms with van der Waals surface area (Å²) < 4.78 is 0. The third-order valence-corrected chi connectivity index (χ3v) is 4.04. The van der Waals surface area contributed by atoms with Crippen molar-refractivity contribution >= 4 is 30.3 Å². The van der Waals surface area contributed by atoms with E-state index in [1.165, 1.54) is 21.2 Å². The van der Waals surface area contributed by atoms with Crippen LogP contribution in [0.2, 0.25) is 0 Å². The smallest absolute Gasteiger partial charge is 0.0307 e. The topological polar surface area (TPSA) is 0 Å². The number of benzene rings is 2. The summed E-state index contributed by atoms with van der Waals surface area (Å²) in [6.45, 7) is 0. The first-order valence-corrected chi connectivity index (χ1v) is 6.06. The third kappa shape index (κ3) is 1.10. The molecule has 14 heavy (non-hydrogen) atoms. The fourth-order valence-electron chi connectivity index (χ4n) is 1.95. The van der Waals surface area contributed by atoms with Gasteiger partial charge < -0.3 is 0 Å². The molecule has 0 aliphatic rings. The molecule has 0 radical (unpaired) electrons. The van der Waals surface area contributed by atoms with Crippen molar-refractivity contribution in [2.24, 2.45) is 0 Å². The molecule has 1 aromatic heterocycles. The van der Waals surface area contributed by atoms with Crippen LogP contribution in [0.15, 0.2) is 54.2 Å². The monoisotopic (exact) mass is 194 g/mol. The van der Waals surface area contributed by atoms with Gasteiger partial charge in [-0.2, -0.15) is 0 Å². The van der Waals surface area contributed by atoms with Crippen molar-refractivity contribution in [3.8, 4) is 0 Å². The van der Waals surface area contributed by atoms with Crippen LogP contribution in [-0.4, -0.2) is 9.12 Å². The van der Waals surface area contributed by atoms with Crippen LogP contribution in [-0.2, 0) is 0 Å². The Labute approximate surface area is 84.9 Å². The average molecular weight is 194 g/mol. The van der Waals surface area contributed by atoms with Gasteiger partial charge >= 0.3 is 0 Å². The van der Waals surface area contributed by atoms with Crippen LogP contribution < -0.4 is 0 Å². The summed E-state index contributed by atoms with van der Waals surface area (Å²) in [5.74, 6) is 0. The summed E-state index contributed by atoms with van der Waals surface area (Å²) in [5.41, 5.74) is 2.39. The van der Waals surface area contributed by atoms with Gasteiger partial charge in [-0.15, -0.1) is 0 Å². The molecule has 0 atom stereocenters. The van der Waals surface area contributed by atoms with E-state index in [1.54, 1.807) is 0 Å². The Kier molecular flexibility index (Phi) is 1.71. The van der Waals surface area contributed by atoms with Gasteiger partial charge in [-0.1, -0.05) is 54.2 Å². The van der Waals surface area contributed by atoms with Crippen molar-refractivity contribution in [3.63, 3.8) is 0 Å². The largest absolute Gasteiger partial charge is 0.0720 e. The molecular formula is C13H10Si. The van der Waals surface area contributed by atoms with Gasteiger partial charge in [0, 0.05) is 9.12 Å². The fraction of sp³-hybridized carbons (Fsp3) is 0. The summed E-state index contributed by atoms with van der Waals surface area (Å²) in [6.07, 6.45) is 0. The molecule has 0 spiro atoms. The Morgan fingerprint density at radius 1 is 0.714 bits per heavy atom. The minimum atomic E-state index is 0.319. The average Bonchev–Trinajstić information content (AvgIpc) is 2.29. The maximum absolute atomic E-state index is 2.39. The molecule has 3 aromatic rings. The van der Waals surface area contributed by atoms with Crippen LogP contribution in [0.3, 0.4) is 0 Å². The lowest BCUT2D eigenvalue weighted by Gasteiger charge is -2.02. The molecule has 0 saturated heterocycles. The molecule has 0 N–H and O–H groups in total. The molecule has 0 aliphatic heterocycles. The van der Waals surface area contributed by atoms with Crippen LogP contribution >= 0.6 is 0 Å². The molecule has 3 rings (SSSR count). The molecule has 0 nitrogen and oxygen atoms in total. The zero-order valence-electron chi connectivity index (χ0n) is 7.77. The second kappa shape index (κ2) is 3.03. The first-order valence-electron chi connectivity index (χ1n) is 4.82. The minimum absolute atomic E-state index is 0.319. The Bertz CT molecular complexity index is 544. The molecule has 1 heteroatoms. The highest BCUT2D eigenvalue weighted by molar-refractivity contribution is 6.50. The first-order chi connectivity index (χ1) is 6.95. The highest BCUT2D eigenvalue weighted by Crippen LogP contribution is 2.22. The summed E-state index contributed by atoms with van der Waals surface area (Å²) in [4.78, 5) is 1.52.